The molecular formula is C12H11BrClN3O. The number of methoxy groups -OCH3 is 1. The first-order chi connectivity index (χ1) is 8.65. The number of nitrogens with zero attached hydrogens (tertiary/aromatic N) is 3. The van der Waals surface area contributed by atoms with Crippen LogP contribution in [0.2, 0.25) is 5.15 Å². The lowest BCUT2D eigenvalue weighted by Gasteiger charge is -2.07. The van der Waals surface area contributed by atoms with Crippen LogP contribution in [0.5, 0.6) is 5.88 Å². The molecule has 0 aliphatic heterocycles. The normalized spacial score (nSPS) is 10.4. The molecule has 0 N–H and O–H groups in total. The average Bonchev–Trinajstić information content (AvgIpc) is 2.41. The molecule has 0 atom stereocenters. The van der Waals surface area contributed by atoms with Gasteiger partial charge in [-0.1, -0.05) is 24.6 Å². The van der Waals surface area contributed by atoms with Gasteiger partial charge in [0.05, 0.1) is 17.3 Å². The van der Waals surface area contributed by atoms with Crippen molar-refractivity contribution in [3.05, 3.63) is 33.5 Å². The van der Waals surface area contributed by atoms with Crippen LogP contribution in [-0.4, -0.2) is 22.1 Å². The second-order valence-electron chi connectivity index (χ2n) is 3.52. The van der Waals surface area contributed by atoms with Gasteiger partial charge in [-0.15, -0.1) is 0 Å². The maximum absolute atomic E-state index is 6.06. The highest BCUT2D eigenvalue weighted by Gasteiger charge is 2.12. The van der Waals surface area contributed by atoms with E-state index in [0.717, 1.165) is 16.6 Å². The van der Waals surface area contributed by atoms with Gasteiger partial charge in [0.25, 0.3) is 0 Å². The first kappa shape index (κ1) is 13.2. The van der Waals surface area contributed by atoms with E-state index in [4.69, 9.17) is 16.3 Å². The van der Waals surface area contributed by atoms with E-state index in [-0.39, 0.29) is 0 Å². The third-order valence-corrected chi connectivity index (χ3v) is 3.71. The van der Waals surface area contributed by atoms with Crippen LogP contribution in [-0.2, 0) is 6.42 Å². The molecule has 0 unspecified atom stereocenters. The van der Waals surface area contributed by atoms with Gasteiger partial charge >= 0.3 is 0 Å². The topological polar surface area (TPSA) is 47.9 Å². The molecule has 0 aliphatic rings. The number of aromatic nitrogens is 3. The van der Waals surface area contributed by atoms with E-state index in [1.54, 1.807) is 13.2 Å². The summed E-state index contributed by atoms with van der Waals surface area (Å²) in [5.74, 6) is 1.02. The van der Waals surface area contributed by atoms with Gasteiger partial charge in [-0.05, 0) is 28.4 Å². The Morgan fingerprint density at radius 3 is 2.72 bits per heavy atom. The highest BCUT2D eigenvalue weighted by molar-refractivity contribution is 9.10. The van der Waals surface area contributed by atoms with Crippen molar-refractivity contribution < 1.29 is 4.74 Å². The Kier molecular flexibility index (Phi) is 4.14. The van der Waals surface area contributed by atoms with Gasteiger partial charge in [-0.25, -0.2) is 15.0 Å². The number of ether oxygens (including phenoxy) is 1. The van der Waals surface area contributed by atoms with Crippen LogP contribution in [0, 0.1) is 0 Å². The molecule has 2 aromatic rings. The second-order valence-corrected chi connectivity index (χ2v) is 4.67. The van der Waals surface area contributed by atoms with Crippen molar-refractivity contribution in [2.45, 2.75) is 13.3 Å². The summed E-state index contributed by atoms with van der Waals surface area (Å²) in [6.07, 6.45) is 0.764. The first-order valence-electron chi connectivity index (χ1n) is 5.39. The number of rotatable bonds is 3. The van der Waals surface area contributed by atoms with Crippen LogP contribution in [0.25, 0.3) is 11.5 Å². The number of hydrogen-bond acceptors (Lipinski definition) is 4. The number of halogens is 2. The van der Waals surface area contributed by atoms with Gasteiger partial charge in [-0.2, -0.15) is 0 Å². The largest absolute Gasteiger partial charge is 0.481 e. The standard InChI is InChI=1S/C12H11BrClN3O/c1-3-7-10(13)11(14)17-12(16-7)8-5-4-6-9(15-8)18-2/h4-6H,3H2,1-2H3. The number of hydrogen-bond donors (Lipinski definition) is 0. The van der Waals surface area contributed by atoms with Gasteiger partial charge in [0.15, 0.2) is 5.82 Å². The molecule has 18 heavy (non-hydrogen) atoms. The third kappa shape index (κ3) is 2.62. The van der Waals surface area contributed by atoms with Gasteiger partial charge < -0.3 is 4.74 Å². The molecule has 0 saturated heterocycles. The average molecular weight is 329 g/mol. The summed E-state index contributed by atoms with van der Waals surface area (Å²) in [6, 6.07) is 5.43. The van der Waals surface area contributed by atoms with E-state index < -0.39 is 0 Å². The molecule has 0 spiro atoms. The maximum atomic E-state index is 6.06. The molecule has 0 aromatic carbocycles. The predicted octanol–water partition coefficient (Wildman–Crippen LogP) is 3.53. The Balaban J connectivity index is 2.53. The van der Waals surface area contributed by atoms with Crippen LogP contribution in [0.3, 0.4) is 0 Å². The summed E-state index contributed by atoms with van der Waals surface area (Å²) in [5.41, 5.74) is 1.49. The molecule has 6 heteroatoms. The van der Waals surface area contributed by atoms with Crippen LogP contribution in [0.15, 0.2) is 22.7 Å². The van der Waals surface area contributed by atoms with Gasteiger partial charge in [0.1, 0.15) is 10.8 Å². The predicted molar refractivity (Wildman–Crippen MR) is 73.9 cm³/mol. The van der Waals surface area contributed by atoms with Gasteiger partial charge in [0.2, 0.25) is 5.88 Å². The second kappa shape index (κ2) is 5.63. The molecular weight excluding hydrogens is 318 g/mol. The number of aryl methyl sites for hydroxylation is 1. The molecule has 0 aliphatic carbocycles. The molecule has 0 amide bonds. The lowest BCUT2D eigenvalue weighted by molar-refractivity contribution is 0.398. The fourth-order valence-electron chi connectivity index (χ4n) is 1.46. The number of pyridine rings is 1. The summed E-state index contributed by atoms with van der Waals surface area (Å²) < 4.78 is 5.81. The van der Waals surface area contributed by atoms with E-state index in [1.807, 2.05) is 19.1 Å². The Morgan fingerprint density at radius 1 is 1.28 bits per heavy atom. The Bertz CT molecular complexity index is 577. The molecule has 2 aromatic heterocycles. The molecule has 0 fully saturated rings. The first-order valence-corrected chi connectivity index (χ1v) is 6.56. The Labute approximate surface area is 119 Å². The highest BCUT2D eigenvalue weighted by Crippen LogP contribution is 2.27. The van der Waals surface area contributed by atoms with E-state index in [9.17, 15) is 0 Å². The Hall–Kier alpha value is -1.20. The summed E-state index contributed by atoms with van der Waals surface area (Å²) in [4.78, 5) is 12.9. The van der Waals surface area contributed by atoms with Crippen LogP contribution >= 0.6 is 27.5 Å². The summed E-state index contributed by atoms with van der Waals surface area (Å²) in [7, 11) is 1.57. The van der Waals surface area contributed by atoms with Crippen molar-refractivity contribution in [2.75, 3.05) is 7.11 Å². The molecule has 0 bridgehead atoms. The van der Waals surface area contributed by atoms with E-state index in [0.29, 0.717) is 22.6 Å². The molecule has 2 heterocycles. The summed E-state index contributed by atoms with van der Waals surface area (Å²) in [5, 5.41) is 0.390. The molecule has 94 valence electrons. The van der Waals surface area contributed by atoms with Crippen LogP contribution < -0.4 is 4.74 Å². The van der Waals surface area contributed by atoms with E-state index >= 15 is 0 Å². The van der Waals surface area contributed by atoms with Gasteiger partial charge in [0, 0.05) is 6.07 Å². The highest BCUT2D eigenvalue weighted by atomic mass is 79.9. The summed E-state index contributed by atoms with van der Waals surface area (Å²) >= 11 is 9.44. The van der Waals surface area contributed by atoms with E-state index in [2.05, 4.69) is 30.9 Å². The smallest absolute Gasteiger partial charge is 0.213 e. The minimum Gasteiger partial charge on any atom is -0.481 e. The molecule has 0 saturated carbocycles. The fourth-order valence-corrected chi connectivity index (χ4v) is 2.11. The van der Waals surface area contributed by atoms with Crippen molar-refractivity contribution in [1.29, 1.82) is 0 Å². The van der Waals surface area contributed by atoms with Crippen molar-refractivity contribution in [2.24, 2.45) is 0 Å². The zero-order valence-electron chi connectivity index (χ0n) is 9.94. The van der Waals surface area contributed by atoms with Crippen LogP contribution in [0.4, 0.5) is 0 Å². The maximum Gasteiger partial charge on any atom is 0.213 e. The molecule has 4 nitrogen and oxygen atoms in total. The zero-order valence-corrected chi connectivity index (χ0v) is 12.3. The molecule has 0 radical (unpaired) electrons. The minimum absolute atomic E-state index is 0.390. The summed E-state index contributed by atoms with van der Waals surface area (Å²) in [6.45, 7) is 2.01. The van der Waals surface area contributed by atoms with Crippen molar-refractivity contribution in [3.63, 3.8) is 0 Å². The lowest BCUT2D eigenvalue weighted by Crippen LogP contribution is -1.99. The minimum atomic E-state index is 0.390. The van der Waals surface area contributed by atoms with Crippen molar-refractivity contribution >= 4 is 27.5 Å². The monoisotopic (exact) mass is 327 g/mol. The third-order valence-electron chi connectivity index (χ3n) is 2.38. The SMILES string of the molecule is CCc1nc(-c2cccc(OC)n2)nc(Cl)c1Br. The quantitative estimate of drug-likeness (QED) is 0.809. The van der Waals surface area contributed by atoms with Gasteiger partial charge in [-0.3, -0.25) is 0 Å². The fraction of sp³-hybridized carbons (Fsp3) is 0.250. The van der Waals surface area contributed by atoms with Crippen molar-refractivity contribution in [1.82, 2.24) is 15.0 Å². The lowest BCUT2D eigenvalue weighted by atomic mass is 10.3. The van der Waals surface area contributed by atoms with Crippen molar-refractivity contribution in [3.8, 4) is 17.4 Å². The zero-order chi connectivity index (χ0) is 13.1. The molecule has 2 rings (SSSR count). The van der Waals surface area contributed by atoms with Crippen LogP contribution in [0.1, 0.15) is 12.6 Å². The van der Waals surface area contributed by atoms with E-state index in [1.165, 1.54) is 0 Å². The Morgan fingerprint density at radius 2 is 2.06 bits per heavy atom.